The van der Waals surface area contributed by atoms with Gasteiger partial charge < -0.3 is 0 Å². The number of carbonyl (C=O) groups excluding carboxylic acids is 1. The van der Waals surface area contributed by atoms with Crippen molar-refractivity contribution in [3.05, 3.63) is 0 Å². The molecule has 0 heterocycles. The lowest BCUT2D eigenvalue weighted by atomic mass is 10.3. The van der Waals surface area contributed by atoms with Crippen molar-refractivity contribution < 1.29 is 9.18 Å². The predicted octanol–water partition coefficient (Wildman–Crippen LogP) is 1.87. The highest BCUT2D eigenvalue weighted by Crippen LogP contribution is 2.19. The molecular weight excluding hydrogens is 198 g/mol. The molecule has 8 heavy (non-hydrogen) atoms. The zero-order valence-electron chi connectivity index (χ0n) is 4.25. The van der Waals surface area contributed by atoms with E-state index in [-0.39, 0.29) is 5.88 Å². The van der Waals surface area contributed by atoms with E-state index in [2.05, 4.69) is 15.9 Å². The van der Waals surface area contributed by atoms with E-state index in [1.807, 2.05) is 0 Å². The molecule has 0 fully saturated rings. The highest BCUT2D eigenvalue weighted by molar-refractivity contribution is 9.10. The van der Waals surface area contributed by atoms with Gasteiger partial charge in [0.15, 0.2) is 5.78 Å². The maximum Gasteiger partial charge on any atom is 0.221 e. The Balaban J connectivity index is 3.82. The molecule has 0 amide bonds. The third-order valence-corrected chi connectivity index (χ3v) is 1.30. The van der Waals surface area contributed by atoms with Crippen LogP contribution in [0.5, 0.6) is 0 Å². The van der Waals surface area contributed by atoms with Crippen molar-refractivity contribution in [1.29, 1.82) is 0 Å². The molecule has 1 atom stereocenters. The molecule has 0 N–H and O–H groups in total. The zero-order valence-corrected chi connectivity index (χ0v) is 6.59. The highest BCUT2D eigenvalue weighted by Gasteiger charge is 2.27. The van der Waals surface area contributed by atoms with Crippen LogP contribution in [0.2, 0.25) is 0 Å². The Morgan fingerprint density at radius 2 is 2.38 bits per heavy atom. The number of halogens is 3. The Morgan fingerprint density at radius 3 is 2.38 bits per heavy atom. The molecule has 4 heteroatoms. The van der Waals surface area contributed by atoms with Gasteiger partial charge in [-0.3, -0.25) is 4.79 Å². The van der Waals surface area contributed by atoms with Gasteiger partial charge in [0.25, 0.3) is 0 Å². The number of hydrogen-bond donors (Lipinski definition) is 0. The molecule has 0 aliphatic heterocycles. The molecule has 1 nitrogen and oxygen atoms in total. The van der Waals surface area contributed by atoms with Crippen LogP contribution < -0.4 is 0 Å². The molecule has 0 radical (unpaired) electrons. The van der Waals surface area contributed by atoms with Crippen molar-refractivity contribution in [2.75, 3.05) is 5.88 Å². The second-order valence-corrected chi connectivity index (χ2v) is 3.20. The second-order valence-electron chi connectivity index (χ2n) is 1.45. The SMILES string of the molecule is CC(F)(Br)C(=O)CCl. The topological polar surface area (TPSA) is 17.1 Å². The van der Waals surface area contributed by atoms with Gasteiger partial charge in [0, 0.05) is 0 Å². The largest absolute Gasteiger partial charge is 0.294 e. The van der Waals surface area contributed by atoms with Gasteiger partial charge in [0.2, 0.25) is 4.58 Å². The Bertz CT molecular complexity index is 98.7. The summed E-state index contributed by atoms with van der Waals surface area (Å²) in [6.45, 7) is 1.11. The molecule has 0 saturated carbocycles. The molecule has 0 bridgehead atoms. The summed E-state index contributed by atoms with van der Waals surface area (Å²) in [7, 11) is 0. The number of hydrogen-bond acceptors (Lipinski definition) is 1. The van der Waals surface area contributed by atoms with Gasteiger partial charge in [-0.1, -0.05) is 0 Å². The minimum atomic E-state index is -1.95. The van der Waals surface area contributed by atoms with Gasteiger partial charge in [-0.15, -0.1) is 11.6 Å². The van der Waals surface area contributed by atoms with Gasteiger partial charge in [0.05, 0.1) is 5.88 Å². The van der Waals surface area contributed by atoms with Crippen molar-refractivity contribution in [2.45, 2.75) is 11.5 Å². The van der Waals surface area contributed by atoms with E-state index in [0.29, 0.717) is 0 Å². The first kappa shape index (κ1) is 8.37. The van der Waals surface area contributed by atoms with Crippen LogP contribution in [0.25, 0.3) is 0 Å². The smallest absolute Gasteiger partial charge is 0.221 e. The van der Waals surface area contributed by atoms with Crippen LogP contribution in [-0.4, -0.2) is 16.2 Å². The molecule has 0 aromatic heterocycles. The van der Waals surface area contributed by atoms with Crippen molar-refractivity contribution in [3.8, 4) is 0 Å². The van der Waals surface area contributed by atoms with Crippen LogP contribution in [0.3, 0.4) is 0 Å². The van der Waals surface area contributed by atoms with Gasteiger partial charge in [-0.25, -0.2) is 4.39 Å². The summed E-state index contributed by atoms with van der Waals surface area (Å²) in [6.07, 6.45) is 0. The first-order valence-electron chi connectivity index (χ1n) is 1.95. The van der Waals surface area contributed by atoms with E-state index in [1.165, 1.54) is 0 Å². The summed E-state index contributed by atoms with van der Waals surface area (Å²) in [6, 6.07) is 0. The minimum Gasteiger partial charge on any atom is -0.294 e. The van der Waals surface area contributed by atoms with Crippen LogP contribution in [-0.2, 0) is 4.79 Å². The van der Waals surface area contributed by atoms with Crippen LogP contribution in [0.4, 0.5) is 4.39 Å². The normalized spacial score (nSPS) is 17.5. The number of rotatable bonds is 2. The van der Waals surface area contributed by atoms with E-state index < -0.39 is 10.4 Å². The van der Waals surface area contributed by atoms with Crippen LogP contribution in [0.15, 0.2) is 0 Å². The summed E-state index contributed by atoms with van der Waals surface area (Å²) in [5, 5.41) is 0. The average molecular weight is 203 g/mol. The quantitative estimate of drug-likeness (QED) is 0.626. The lowest BCUT2D eigenvalue weighted by Crippen LogP contribution is -2.23. The third-order valence-electron chi connectivity index (χ3n) is 0.611. The molecule has 1 unspecified atom stereocenters. The lowest BCUT2D eigenvalue weighted by molar-refractivity contribution is -0.121. The summed E-state index contributed by atoms with van der Waals surface area (Å²) in [4.78, 5) is 10.3. The molecule has 0 saturated heterocycles. The maximum absolute atomic E-state index is 12.3. The molecular formula is C4H5BrClFO. The Labute approximate surface area is 60.3 Å². The standard InChI is InChI=1S/C4H5BrClFO/c1-4(5,7)3(8)2-6/h2H2,1H3. The molecule has 48 valence electrons. The van der Waals surface area contributed by atoms with Gasteiger partial charge in [-0.05, 0) is 22.9 Å². The fraction of sp³-hybridized carbons (Fsp3) is 0.750. The number of ketones is 1. The summed E-state index contributed by atoms with van der Waals surface area (Å²) >= 11 is 7.52. The third kappa shape index (κ3) is 2.62. The van der Waals surface area contributed by atoms with E-state index in [1.54, 1.807) is 0 Å². The van der Waals surface area contributed by atoms with Gasteiger partial charge in [-0.2, -0.15) is 0 Å². The van der Waals surface area contributed by atoms with E-state index in [4.69, 9.17) is 11.6 Å². The molecule has 0 aromatic rings. The number of alkyl halides is 3. The predicted molar refractivity (Wildman–Crippen MR) is 34.2 cm³/mol. The monoisotopic (exact) mass is 202 g/mol. The first-order valence-corrected chi connectivity index (χ1v) is 3.28. The fourth-order valence-corrected chi connectivity index (χ4v) is 0.670. The Hall–Kier alpha value is 0.370. The fourth-order valence-electron chi connectivity index (χ4n) is 0.117. The van der Waals surface area contributed by atoms with Crippen molar-refractivity contribution in [2.24, 2.45) is 0 Å². The first-order chi connectivity index (χ1) is 3.48. The van der Waals surface area contributed by atoms with E-state index in [9.17, 15) is 9.18 Å². The molecule has 0 aliphatic rings. The molecule has 0 rings (SSSR count). The summed E-state index contributed by atoms with van der Waals surface area (Å²) < 4.78 is 10.3. The Morgan fingerprint density at radius 1 is 2.00 bits per heavy atom. The second kappa shape index (κ2) is 2.78. The molecule has 0 aromatic carbocycles. The van der Waals surface area contributed by atoms with E-state index in [0.717, 1.165) is 6.92 Å². The average Bonchev–Trinajstić information content (AvgIpc) is 1.62. The van der Waals surface area contributed by atoms with Crippen molar-refractivity contribution >= 4 is 33.3 Å². The van der Waals surface area contributed by atoms with Crippen molar-refractivity contribution in [1.82, 2.24) is 0 Å². The van der Waals surface area contributed by atoms with Crippen LogP contribution in [0, 0.1) is 0 Å². The summed E-state index contributed by atoms with van der Waals surface area (Å²) in [5.41, 5.74) is 0. The molecule has 0 aliphatic carbocycles. The van der Waals surface area contributed by atoms with Crippen LogP contribution >= 0.6 is 27.5 Å². The highest BCUT2D eigenvalue weighted by atomic mass is 79.9. The zero-order chi connectivity index (χ0) is 6.78. The van der Waals surface area contributed by atoms with Gasteiger partial charge in [0.1, 0.15) is 0 Å². The lowest BCUT2D eigenvalue weighted by Gasteiger charge is -2.05. The Kier molecular flexibility index (Phi) is 2.91. The number of Topliss-reactive ketones (excluding diaryl/α,β-unsaturated/α-hetero) is 1. The van der Waals surface area contributed by atoms with Gasteiger partial charge >= 0.3 is 0 Å². The van der Waals surface area contributed by atoms with E-state index >= 15 is 0 Å². The van der Waals surface area contributed by atoms with Crippen LogP contribution in [0.1, 0.15) is 6.92 Å². The number of carbonyl (C=O) groups is 1. The maximum atomic E-state index is 12.3. The van der Waals surface area contributed by atoms with Crippen molar-refractivity contribution in [3.63, 3.8) is 0 Å². The summed E-state index contributed by atoms with van der Waals surface area (Å²) in [5.74, 6) is -0.947. The minimum absolute atomic E-state index is 0.293. The molecule has 0 spiro atoms.